The molecular weight excluding hydrogens is 242 g/mol. The predicted molar refractivity (Wildman–Crippen MR) is 65.6 cm³/mol. The van der Waals surface area contributed by atoms with Gasteiger partial charge in [-0.25, -0.2) is 4.79 Å². The minimum Gasteiger partial charge on any atom is -0.506 e. The van der Waals surface area contributed by atoms with Gasteiger partial charge in [0.25, 0.3) is 0 Å². The van der Waals surface area contributed by atoms with Crippen molar-refractivity contribution in [2.75, 3.05) is 6.61 Å². The number of phenolic OH excluding ortho intramolecular Hbond substituents is 1. The van der Waals surface area contributed by atoms with E-state index in [2.05, 4.69) is 0 Å². The molecule has 1 N–H and O–H groups in total. The molecule has 17 heavy (non-hydrogen) atoms. The van der Waals surface area contributed by atoms with Gasteiger partial charge in [0.15, 0.2) is 0 Å². The Kier molecular flexibility index (Phi) is 2.98. The van der Waals surface area contributed by atoms with E-state index in [0.29, 0.717) is 28.2 Å². The molecule has 0 atom stereocenters. The summed E-state index contributed by atoms with van der Waals surface area (Å²) in [5.74, 6) is -0.343. The van der Waals surface area contributed by atoms with Crippen LogP contribution in [0.4, 0.5) is 0 Å². The Bertz CT molecular complexity index is 589. The first-order valence-electron chi connectivity index (χ1n) is 5.20. The molecule has 4 nitrogen and oxygen atoms in total. The molecular formula is C12H12ClNO3. The van der Waals surface area contributed by atoms with Crippen LogP contribution in [0, 0.1) is 0 Å². The highest BCUT2D eigenvalue weighted by Crippen LogP contribution is 2.32. The molecule has 5 heteroatoms. The van der Waals surface area contributed by atoms with Crippen LogP contribution in [0.1, 0.15) is 17.4 Å². The molecule has 0 spiro atoms. The predicted octanol–water partition coefficient (Wildman–Crippen LogP) is 2.71. The van der Waals surface area contributed by atoms with Crippen molar-refractivity contribution in [2.45, 2.75) is 6.92 Å². The Balaban J connectivity index is 2.68. The fraction of sp³-hybridized carbons (Fsp3) is 0.250. The summed E-state index contributed by atoms with van der Waals surface area (Å²) in [5, 5.41) is 10.9. The molecule has 1 aromatic heterocycles. The van der Waals surface area contributed by atoms with Gasteiger partial charge in [-0.3, -0.25) is 0 Å². The Morgan fingerprint density at radius 1 is 1.53 bits per heavy atom. The summed E-state index contributed by atoms with van der Waals surface area (Å²) in [6.45, 7) is 2.05. The monoisotopic (exact) mass is 253 g/mol. The maximum Gasteiger partial charge on any atom is 0.354 e. The molecule has 2 rings (SSSR count). The highest BCUT2D eigenvalue weighted by atomic mass is 35.5. The van der Waals surface area contributed by atoms with E-state index in [1.807, 2.05) is 0 Å². The molecule has 0 radical (unpaired) electrons. The number of hydrogen-bond donors (Lipinski definition) is 1. The number of carbonyl (C=O) groups excluding carboxylic acids is 1. The average Bonchev–Trinajstić information content (AvgIpc) is 2.63. The van der Waals surface area contributed by atoms with Crippen molar-refractivity contribution in [3.63, 3.8) is 0 Å². The van der Waals surface area contributed by atoms with Crippen LogP contribution in [0.5, 0.6) is 5.75 Å². The summed E-state index contributed by atoms with van der Waals surface area (Å²) in [5.41, 5.74) is 0.894. The third kappa shape index (κ3) is 1.85. The van der Waals surface area contributed by atoms with Crippen LogP contribution in [0.15, 0.2) is 18.2 Å². The molecule has 0 saturated carbocycles. The molecule has 0 unspecified atom stereocenters. The second-order valence-corrected chi connectivity index (χ2v) is 4.05. The van der Waals surface area contributed by atoms with E-state index in [1.165, 1.54) is 6.07 Å². The first-order valence-corrected chi connectivity index (χ1v) is 5.58. The third-order valence-corrected chi connectivity index (χ3v) is 2.93. The van der Waals surface area contributed by atoms with Crippen molar-refractivity contribution in [2.24, 2.45) is 7.05 Å². The molecule has 0 aliphatic carbocycles. The zero-order valence-corrected chi connectivity index (χ0v) is 10.3. The van der Waals surface area contributed by atoms with Gasteiger partial charge in [0, 0.05) is 12.4 Å². The van der Waals surface area contributed by atoms with Crippen molar-refractivity contribution in [3.8, 4) is 5.75 Å². The lowest BCUT2D eigenvalue weighted by molar-refractivity contribution is 0.0516. The average molecular weight is 254 g/mol. The number of aromatic nitrogens is 1. The largest absolute Gasteiger partial charge is 0.506 e. The van der Waals surface area contributed by atoms with Gasteiger partial charge in [0.2, 0.25) is 0 Å². The van der Waals surface area contributed by atoms with Crippen LogP contribution in [-0.4, -0.2) is 22.2 Å². The molecule has 0 fully saturated rings. The van der Waals surface area contributed by atoms with Crippen LogP contribution < -0.4 is 0 Å². The number of hydrogen-bond acceptors (Lipinski definition) is 3. The lowest BCUT2D eigenvalue weighted by Crippen LogP contribution is -2.09. The van der Waals surface area contributed by atoms with Gasteiger partial charge < -0.3 is 14.4 Å². The number of halogens is 1. The summed E-state index contributed by atoms with van der Waals surface area (Å²) in [6.07, 6.45) is 0. The molecule has 0 amide bonds. The van der Waals surface area contributed by atoms with E-state index >= 15 is 0 Å². The van der Waals surface area contributed by atoms with Crippen molar-refractivity contribution in [1.82, 2.24) is 4.57 Å². The Morgan fingerprint density at radius 2 is 2.24 bits per heavy atom. The second-order valence-electron chi connectivity index (χ2n) is 3.64. The summed E-state index contributed by atoms with van der Waals surface area (Å²) in [7, 11) is 1.69. The van der Waals surface area contributed by atoms with Gasteiger partial charge in [-0.1, -0.05) is 11.6 Å². The Hall–Kier alpha value is -1.68. The molecule has 0 saturated heterocycles. The number of ether oxygens (including phenoxy) is 1. The molecule has 0 aliphatic heterocycles. The smallest absolute Gasteiger partial charge is 0.354 e. The maximum atomic E-state index is 11.7. The normalized spacial score (nSPS) is 10.8. The summed E-state index contributed by atoms with van der Waals surface area (Å²) >= 11 is 6.02. The lowest BCUT2D eigenvalue weighted by Gasteiger charge is -2.04. The van der Waals surface area contributed by atoms with E-state index < -0.39 is 5.97 Å². The molecule has 2 aromatic rings. The minimum absolute atomic E-state index is 0.0856. The van der Waals surface area contributed by atoms with E-state index in [4.69, 9.17) is 16.3 Å². The molecule has 0 bridgehead atoms. The fourth-order valence-electron chi connectivity index (χ4n) is 1.82. The van der Waals surface area contributed by atoms with Crippen LogP contribution in [0.3, 0.4) is 0 Å². The SMILES string of the molecule is CCOC(=O)c1cc2c(Cl)ccc(O)c2n1C. The van der Waals surface area contributed by atoms with Gasteiger partial charge in [0.1, 0.15) is 11.4 Å². The summed E-state index contributed by atoms with van der Waals surface area (Å²) in [4.78, 5) is 11.7. The van der Waals surface area contributed by atoms with Crippen molar-refractivity contribution in [3.05, 3.63) is 28.9 Å². The van der Waals surface area contributed by atoms with Crippen molar-refractivity contribution in [1.29, 1.82) is 0 Å². The van der Waals surface area contributed by atoms with Gasteiger partial charge in [0.05, 0.1) is 17.1 Å². The number of esters is 1. The quantitative estimate of drug-likeness (QED) is 0.838. The standard InChI is InChI=1S/C12H12ClNO3/c1-3-17-12(16)9-6-7-8(13)4-5-10(15)11(7)14(9)2/h4-6,15H,3H2,1-2H3. The molecule has 1 heterocycles. The number of carbonyl (C=O) groups is 1. The third-order valence-electron chi connectivity index (χ3n) is 2.60. The number of aromatic hydroxyl groups is 1. The summed E-state index contributed by atoms with van der Waals surface area (Å²) < 4.78 is 6.51. The zero-order chi connectivity index (χ0) is 12.6. The molecule has 90 valence electrons. The molecule has 1 aromatic carbocycles. The lowest BCUT2D eigenvalue weighted by atomic mass is 10.2. The summed E-state index contributed by atoms with van der Waals surface area (Å²) in [6, 6.07) is 4.71. The van der Waals surface area contributed by atoms with Gasteiger partial charge in [-0.2, -0.15) is 0 Å². The topological polar surface area (TPSA) is 51.5 Å². The van der Waals surface area contributed by atoms with Crippen LogP contribution in [-0.2, 0) is 11.8 Å². The highest BCUT2D eigenvalue weighted by Gasteiger charge is 2.17. The second kappa shape index (κ2) is 4.30. The van der Waals surface area contributed by atoms with Crippen molar-refractivity contribution >= 4 is 28.5 Å². The number of nitrogens with zero attached hydrogens (tertiary/aromatic N) is 1. The van der Waals surface area contributed by atoms with Crippen LogP contribution in [0.2, 0.25) is 5.02 Å². The molecule has 0 aliphatic rings. The van der Waals surface area contributed by atoms with E-state index in [1.54, 1.807) is 30.7 Å². The number of fused-ring (bicyclic) bond motifs is 1. The Morgan fingerprint density at radius 3 is 2.82 bits per heavy atom. The number of benzene rings is 1. The zero-order valence-electron chi connectivity index (χ0n) is 9.53. The maximum absolute atomic E-state index is 11.7. The van der Waals surface area contributed by atoms with E-state index in [0.717, 1.165) is 0 Å². The number of aryl methyl sites for hydroxylation is 1. The minimum atomic E-state index is -0.429. The van der Waals surface area contributed by atoms with Gasteiger partial charge >= 0.3 is 5.97 Å². The first-order chi connectivity index (χ1) is 8.06. The van der Waals surface area contributed by atoms with E-state index in [9.17, 15) is 9.90 Å². The van der Waals surface area contributed by atoms with Gasteiger partial charge in [-0.05, 0) is 25.1 Å². The number of phenols is 1. The first kappa shape index (κ1) is 11.8. The highest BCUT2D eigenvalue weighted by molar-refractivity contribution is 6.35. The van der Waals surface area contributed by atoms with Crippen molar-refractivity contribution < 1.29 is 14.6 Å². The van der Waals surface area contributed by atoms with Crippen LogP contribution in [0.25, 0.3) is 10.9 Å². The number of rotatable bonds is 2. The Labute approximate surface area is 103 Å². The fourth-order valence-corrected chi connectivity index (χ4v) is 2.02. The van der Waals surface area contributed by atoms with E-state index in [-0.39, 0.29) is 5.75 Å². The van der Waals surface area contributed by atoms with Gasteiger partial charge in [-0.15, -0.1) is 0 Å². The van der Waals surface area contributed by atoms with Crippen LogP contribution >= 0.6 is 11.6 Å².